The Balaban J connectivity index is 0.000000172. The van der Waals surface area contributed by atoms with E-state index in [1.54, 1.807) is 31.4 Å². The van der Waals surface area contributed by atoms with Crippen LogP contribution in [0.15, 0.2) is 183 Å². The van der Waals surface area contributed by atoms with Gasteiger partial charge in [0.2, 0.25) is 11.8 Å². The summed E-state index contributed by atoms with van der Waals surface area (Å²) in [4.78, 5) is 96.4. The average Bonchev–Trinajstić information content (AvgIpc) is 1.70. The molecule has 2 amide bonds. The molecule has 4 fully saturated rings. The number of carbonyl (C=O) groups excluding carboxylic acids is 4. The number of hydrogen-bond donors (Lipinski definition) is 5. The highest BCUT2D eigenvalue weighted by Gasteiger charge is 2.43. The molecule has 27 heteroatoms. The summed E-state index contributed by atoms with van der Waals surface area (Å²) in [6.45, 7) is 0.481. The van der Waals surface area contributed by atoms with E-state index in [1.807, 2.05) is 150 Å². The molecule has 10 aromatic rings. The summed E-state index contributed by atoms with van der Waals surface area (Å²) in [5, 5.41) is 36.9. The number of rotatable bonds is 25. The molecule has 0 saturated carbocycles. The molecule has 0 spiro atoms. The number of aromatic nitrogens is 8. The number of methoxy groups -OCH3 is 2. The van der Waals surface area contributed by atoms with Crippen LogP contribution >= 0.6 is 0 Å². The average molecular weight is 1430 g/mol. The van der Waals surface area contributed by atoms with Gasteiger partial charge in [0.05, 0.1) is 71.4 Å². The first kappa shape index (κ1) is 73.5. The Bertz CT molecular complexity index is 4560. The van der Waals surface area contributed by atoms with Gasteiger partial charge in [0.25, 0.3) is 0 Å². The van der Waals surface area contributed by atoms with Gasteiger partial charge >= 0.3 is 23.9 Å². The number of nitrogens with two attached hydrogens (primary N) is 1. The van der Waals surface area contributed by atoms with Gasteiger partial charge in [-0.05, 0) is 120 Å². The first-order valence-corrected chi connectivity index (χ1v) is 34.6. The zero-order valence-electron chi connectivity index (χ0n) is 57.8. The number of amides is 2. The van der Waals surface area contributed by atoms with Crippen molar-refractivity contribution in [2.45, 2.75) is 126 Å². The van der Waals surface area contributed by atoms with Crippen molar-refractivity contribution in [2.75, 3.05) is 38.1 Å². The highest BCUT2D eigenvalue weighted by atomic mass is 16.6. The minimum Gasteiger partial charge on any atom is -0.497 e. The van der Waals surface area contributed by atoms with Crippen LogP contribution in [0.1, 0.15) is 134 Å². The maximum absolute atomic E-state index is 13.4. The van der Waals surface area contributed by atoms with Gasteiger partial charge in [0, 0.05) is 31.6 Å². The number of aliphatic carboxylic acids is 2. The van der Waals surface area contributed by atoms with E-state index in [1.165, 1.54) is 12.7 Å². The molecule has 0 bridgehead atoms. The second-order valence-corrected chi connectivity index (χ2v) is 25.8. The van der Waals surface area contributed by atoms with Crippen molar-refractivity contribution < 1.29 is 82.4 Å². The van der Waals surface area contributed by atoms with E-state index in [-0.39, 0.29) is 88.1 Å². The molecule has 0 aliphatic carbocycles. The van der Waals surface area contributed by atoms with Gasteiger partial charge in [-0.15, -0.1) is 0 Å². The number of aliphatic hydroxyl groups is 2. The third-order valence-corrected chi connectivity index (χ3v) is 19.3. The van der Waals surface area contributed by atoms with Crippen LogP contribution in [0.5, 0.6) is 11.5 Å². The molecule has 6 aromatic carbocycles. The van der Waals surface area contributed by atoms with Crippen molar-refractivity contribution >= 4 is 69.7 Å². The number of carboxylic acids is 2. The van der Waals surface area contributed by atoms with Crippen molar-refractivity contribution in [2.24, 2.45) is 11.8 Å². The molecular formula is C78H80N10O17. The highest BCUT2D eigenvalue weighted by Crippen LogP contribution is 2.45. The topological polar surface area (TPSA) is 364 Å². The van der Waals surface area contributed by atoms with E-state index >= 15 is 0 Å². The minimum absolute atomic E-state index is 0.0290. The van der Waals surface area contributed by atoms with Crippen molar-refractivity contribution in [3.63, 3.8) is 0 Å². The lowest BCUT2D eigenvalue weighted by Gasteiger charge is -2.37. The van der Waals surface area contributed by atoms with Crippen LogP contribution in [-0.2, 0) is 76.9 Å². The Kier molecular flexibility index (Phi) is 23.5. The lowest BCUT2D eigenvalue weighted by Crippen LogP contribution is -2.46. The minimum atomic E-state index is -1.03. The molecule has 4 unspecified atom stereocenters. The summed E-state index contributed by atoms with van der Waals surface area (Å²) in [5.74, 6) is -3.05. The number of imidazole rings is 2. The van der Waals surface area contributed by atoms with E-state index in [0.29, 0.717) is 54.9 Å². The van der Waals surface area contributed by atoms with Gasteiger partial charge < -0.3 is 59.3 Å². The number of carboxylic acid groups (broad SMARTS) is 2. The van der Waals surface area contributed by atoms with Crippen LogP contribution in [-0.4, -0.2) is 135 Å². The smallest absolute Gasteiger partial charge is 0.316 e. The third-order valence-electron chi connectivity index (χ3n) is 19.3. The fourth-order valence-electron chi connectivity index (χ4n) is 13.8. The maximum Gasteiger partial charge on any atom is 0.316 e. The molecule has 0 radical (unpaired) electrons. The third kappa shape index (κ3) is 16.3. The number of ether oxygens (including phenoxy) is 7. The van der Waals surface area contributed by atoms with Crippen LogP contribution in [0.4, 0.5) is 11.6 Å². The fourth-order valence-corrected chi connectivity index (χ4v) is 13.8. The summed E-state index contributed by atoms with van der Waals surface area (Å²) in [7, 11) is 3.28. The first-order valence-electron chi connectivity index (χ1n) is 34.6. The Morgan fingerprint density at radius 2 is 0.943 bits per heavy atom. The van der Waals surface area contributed by atoms with Gasteiger partial charge in [-0.3, -0.25) is 37.9 Å². The molecule has 14 rings (SSSR count). The highest BCUT2D eigenvalue weighted by molar-refractivity contribution is 6.19. The summed E-state index contributed by atoms with van der Waals surface area (Å²) in [6.07, 6.45) is 8.93. The van der Waals surface area contributed by atoms with Crippen LogP contribution < -0.4 is 20.1 Å². The van der Waals surface area contributed by atoms with E-state index in [9.17, 15) is 39.0 Å². The molecule has 105 heavy (non-hydrogen) atoms. The molecule has 4 aromatic heterocycles. The second-order valence-electron chi connectivity index (χ2n) is 25.8. The molecule has 8 heterocycles. The Labute approximate surface area is 603 Å². The number of imide groups is 1. The van der Waals surface area contributed by atoms with Gasteiger partial charge in [0.15, 0.2) is 28.4 Å². The quantitative estimate of drug-likeness (QED) is 0.0154. The number of piperidine rings is 1. The zero-order valence-corrected chi connectivity index (χ0v) is 57.8. The fraction of sp³-hybridized carbons (Fsp3) is 0.333. The molecule has 8 atom stereocenters. The Hall–Kier alpha value is -11.2. The number of fused-ring (bicyclic) bond motifs is 2. The lowest BCUT2D eigenvalue weighted by atomic mass is 9.79. The summed E-state index contributed by atoms with van der Waals surface area (Å²) in [6, 6.07) is 51.5. The maximum atomic E-state index is 13.4. The normalized spacial score (nSPS) is 19.9. The molecule has 27 nitrogen and oxygen atoms in total. The summed E-state index contributed by atoms with van der Waals surface area (Å²) >= 11 is 0. The van der Waals surface area contributed by atoms with Crippen LogP contribution in [0.2, 0.25) is 0 Å². The summed E-state index contributed by atoms with van der Waals surface area (Å²) < 4.78 is 46.0. The van der Waals surface area contributed by atoms with E-state index < -0.39 is 65.0 Å². The largest absolute Gasteiger partial charge is 0.497 e. The number of benzene rings is 6. The molecule has 4 saturated heterocycles. The lowest BCUT2D eigenvalue weighted by molar-refractivity contribution is -0.167. The number of hydrogen-bond acceptors (Lipinski definition) is 22. The monoisotopic (exact) mass is 1430 g/mol. The van der Waals surface area contributed by atoms with E-state index in [4.69, 9.17) is 44.4 Å². The number of carbonyl (C=O) groups is 6. The number of cyclic esters (lactones) is 2. The molecular weight excluding hydrogens is 1350 g/mol. The number of anilines is 2. The van der Waals surface area contributed by atoms with Crippen molar-refractivity contribution in [3.8, 4) is 11.5 Å². The van der Waals surface area contributed by atoms with Crippen LogP contribution in [0, 0.1) is 11.8 Å². The van der Waals surface area contributed by atoms with Crippen LogP contribution in [0.25, 0.3) is 22.3 Å². The van der Waals surface area contributed by atoms with Gasteiger partial charge in [-0.25, -0.2) is 34.8 Å². The first-order chi connectivity index (χ1) is 51.0. The number of aliphatic hydroxyl groups excluding tert-OH is 2. The number of nitrogen functional groups attached to an aromatic ring is 1. The standard InChI is InChI=1S/C39H39N5O8.C31H31N5O4.C8H10O5/c1-50-30-15-13-29(14-16-30)39(27-5-3-2-4-6-27,28-11-7-25(21-45)8-12-28)51-22-31-17-19-33(52-31)43-24-42-35-36(43)40-23-41-37(35)44-32(46)18-9-26(38(44)49)10-20-34(47)48;1-38-25-13-11-24(12-14-25)31(22-5-3-2-4-6-22,23-9-7-21(17-37)8-10-23)39-18-26-15-16-27(40-26)36-20-35-28-29(32)33-19-34-30(28)36;9-6(10)3-1-5-2-4-7(11)13-8(5)12/h2-8,11-16,23-24,26,31,33,45H,9-10,17-22H2,1H3,(H,47,48);2-14,19-20,26-27,37H,15-18H2,1H3,(H2,32,33,34);5H,1-4H2,(H,9,10)/t26?,31-,33+,39?;26-,27+,31?;/m00./s1. The van der Waals surface area contributed by atoms with Crippen molar-refractivity contribution in [1.82, 2.24) is 39.0 Å². The van der Waals surface area contributed by atoms with Crippen LogP contribution in [0.3, 0.4) is 0 Å². The van der Waals surface area contributed by atoms with Gasteiger partial charge in [-0.2, -0.15) is 0 Å². The zero-order chi connectivity index (χ0) is 73.6. The predicted octanol–water partition coefficient (Wildman–Crippen LogP) is 10.1. The number of esters is 2. The van der Waals surface area contributed by atoms with Gasteiger partial charge in [-0.1, -0.05) is 133 Å². The molecule has 544 valence electrons. The SMILES string of the molecule is COc1ccc(C(OC[C@@H]2CC[C@H](n3cnc4c(N)ncnc43)O2)(c2ccccc2)c2ccc(CO)cc2)cc1.COc1ccc(C(OC[C@@H]2CC[C@H](n3cnc4c(N5C(=O)CCC(CCC(=O)O)C5=O)ncnc43)O2)(c2ccccc2)c2ccc(CO)cc2)cc1.O=C(O)CCC1CCC(=O)OC1=O. The van der Waals surface area contributed by atoms with E-state index in [2.05, 4.69) is 46.8 Å². The second kappa shape index (κ2) is 33.5. The molecule has 4 aliphatic heterocycles. The van der Waals surface area contributed by atoms with E-state index in [0.717, 1.165) is 73.7 Å². The summed E-state index contributed by atoms with van der Waals surface area (Å²) in [5.41, 5.74) is 13.1. The Morgan fingerprint density at radius 3 is 1.40 bits per heavy atom. The molecule has 4 aliphatic rings. The van der Waals surface area contributed by atoms with Gasteiger partial charge in [0.1, 0.15) is 53.3 Å². The van der Waals surface area contributed by atoms with Crippen molar-refractivity contribution in [3.05, 3.63) is 228 Å². The van der Waals surface area contributed by atoms with Crippen molar-refractivity contribution in [1.29, 1.82) is 0 Å². The Morgan fingerprint density at radius 1 is 0.514 bits per heavy atom. The number of nitrogens with zero attached hydrogens (tertiary/aromatic N) is 9. The molecule has 6 N–H and O–H groups in total. The predicted molar refractivity (Wildman–Crippen MR) is 379 cm³/mol.